The first-order chi connectivity index (χ1) is 13.1. The Morgan fingerprint density at radius 2 is 1.74 bits per heavy atom. The molecule has 5 heteroatoms. The average Bonchev–Trinajstić information content (AvgIpc) is 3.17. The summed E-state index contributed by atoms with van der Waals surface area (Å²) in [5.74, 6) is 1.77. The van der Waals surface area contributed by atoms with Crippen LogP contribution in [0.25, 0.3) is 0 Å². The van der Waals surface area contributed by atoms with Crippen LogP contribution in [0, 0.1) is 11.8 Å². The first kappa shape index (κ1) is 19.5. The van der Waals surface area contributed by atoms with Crippen LogP contribution in [0.4, 0.5) is 0 Å². The molecule has 3 fully saturated rings. The highest BCUT2D eigenvalue weighted by Gasteiger charge is 2.39. The molecule has 4 rings (SSSR count). The number of likely N-dealkylation sites (tertiary alicyclic amines) is 2. The van der Waals surface area contributed by atoms with E-state index >= 15 is 0 Å². The van der Waals surface area contributed by atoms with E-state index in [1.165, 1.54) is 58.0 Å². The third-order valence-corrected chi connectivity index (χ3v) is 7.58. The van der Waals surface area contributed by atoms with E-state index in [0.717, 1.165) is 24.6 Å². The Bertz CT molecular complexity index is 674. The second-order valence-corrected chi connectivity index (χ2v) is 9.49. The summed E-state index contributed by atoms with van der Waals surface area (Å²) in [6.07, 6.45) is 9.56. The summed E-state index contributed by atoms with van der Waals surface area (Å²) in [6.45, 7) is 4.39. The van der Waals surface area contributed by atoms with Crippen LogP contribution in [0.2, 0.25) is 10.0 Å². The molecule has 2 heterocycles. The molecule has 1 aliphatic carbocycles. The summed E-state index contributed by atoms with van der Waals surface area (Å²) in [5, 5.41) is 1.07. The van der Waals surface area contributed by atoms with Crippen molar-refractivity contribution in [3.8, 4) is 0 Å². The highest BCUT2D eigenvalue weighted by Crippen LogP contribution is 2.39. The number of amides is 1. The normalized spacial score (nSPS) is 29.0. The molecule has 1 saturated carbocycles. The van der Waals surface area contributed by atoms with Gasteiger partial charge in [0.25, 0.3) is 0 Å². The number of rotatable bonds is 4. The summed E-state index contributed by atoms with van der Waals surface area (Å²) in [4.78, 5) is 18.0. The molecule has 0 aromatic heterocycles. The van der Waals surface area contributed by atoms with E-state index in [4.69, 9.17) is 23.2 Å². The van der Waals surface area contributed by atoms with Gasteiger partial charge < -0.3 is 9.80 Å². The Morgan fingerprint density at radius 3 is 2.48 bits per heavy atom. The number of fused-ring (bicyclic) bond motifs is 1. The standard InChI is InChI=1S/C22H30Cl2N2O/c23-20-8-7-16(11-21(20)24)12-22(27)26-14-18-6-2-1-5-17(18)13-19(26)15-25-9-3-4-10-25/h7-8,11,17-19H,1-6,9-10,12-15H2. The molecule has 27 heavy (non-hydrogen) atoms. The van der Waals surface area contributed by atoms with Gasteiger partial charge >= 0.3 is 0 Å². The van der Waals surface area contributed by atoms with Crippen molar-refractivity contribution in [2.75, 3.05) is 26.2 Å². The first-order valence-electron chi connectivity index (χ1n) is 10.6. The van der Waals surface area contributed by atoms with Crippen LogP contribution in [0.15, 0.2) is 18.2 Å². The molecule has 0 spiro atoms. The first-order valence-corrected chi connectivity index (χ1v) is 11.3. The summed E-state index contributed by atoms with van der Waals surface area (Å²) in [6, 6.07) is 5.93. The predicted octanol–water partition coefficient (Wildman–Crippen LogP) is 5.04. The zero-order valence-electron chi connectivity index (χ0n) is 16.0. The Labute approximate surface area is 173 Å². The smallest absolute Gasteiger partial charge is 0.227 e. The number of piperidine rings is 1. The molecule has 0 bridgehead atoms. The molecule has 148 valence electrons. The fourth-order valence-electron chi connectivity index (χ4n) is 5.38. The van der Waals surface area contributed by atoms with Crippen molar-refractivity contribution < 1.29 is 4.79 Å². The number of carbonyl (C=O) groups is 1. The van der Waals surface area contributed by atoms with E-state index in [1.54, 1.807) is 6.07 Å². The number of nitrogens with zero attached hydrogens (tertiary/aromatic N) is 2. The lowest BCUT2D eigenvalue weighted by Crippen LogP contribution is -2.54. The van der Waals surface area contributed by atoms with Crippen LogP contribution in [0.3, 0.4) is 0 Å². The minimum atomic E-state index is 0.251. The molecule has 0 N–H and O–H groups in total. The average molecular weight is 409 g/mol. The molecule has 3 aliphatic rings. The molecule has 3 unspecified atom stereocenters. The lowest BCUT2D eigenvalue weighted by atomic mass is 9.72. The van der Waals surface area contributed by atoms with E-state index < -0.39 is 0 Å². The van der Waals surface area contributed by atoms with Gasteiger partial charge in [0.15, 0.2) is 0 Å². The van der Waals surface area contributed by atoms with Crippen LogP contribution in [0.5, 0.6) is 0 Å². The second kappa shape index (κ2) is 8.71. The highest BCUT2D eigenvalue weighted by atomic mass is 35.5. The molecule has 1 aromatic carbocycles. The summed E-state index contributed by atoms with van der Waals surface area (Å²) in [5.41, 5.74) is 0.958. The predicted molar refractivity (Wildman–Crippen MR) is 111 cm³/mol. The van der Waals surface area contributed by atoms with E-state index in [-0.39, 0.29) is 5.91 Å². The fraction of sp³-hybridized carbons (Fsp3) is 0.682. The quantitative estimate of drug-likeness (QED) is 0.696. The van der Waals surface area contributed by atoms with E-state index in [0.29, 0.717) is 28.4 Å². The van der Waals surface area contributed by atoms with Gasteiger partial charge in [-0.2, -0.15) is 0 Å². The molecule has 0 radical (unpaired) electrons. The van der Waals surface area contributed by atoms with Gasteiger partial charge in [0.2, 0.25) is 5.91 Å². The van der Waals surface area contributed by atoms with Crippen LogP contribution >= 0.6 is 23.2 Å². The van der Waals surface area contributed by atoms with Crippen molar-refractivity contribution in [2.45, 2.75) is 57.4 Å². The Kier molecular flexibility index (Phi) is 6.31. The third kappa shape index (κ3) is 4.63. The summed E-state index contributed by atoms with van der Waals surface area (Å²) < 4.78 is 0. The molecule has 1 amide bonds. The van der Waals surface area contributed by atoms with Crippen molar-refractivity contribution in [3.63, 3.8) is 0 Å². The van der Waals surface area contributed by atoms with Gasteiger partial charge in [-0.05, 0) is 68.3 Å². The zero-order chi connectivity index (χ0) is 18.8. The van der Waals surface area contributed by atoms with Crippen LogP contribution in [0.1, 0.15) is 50.5 Å². The van der Waals surface area contributed by atoms with Crippen molar-refractivity contribution in [3.05, 3.63) is 33.8 Å². The van der Waals surface area contributed by atoms with Crippen molar-refractivity contribution in [1.29, 1.82) is 0 Å². The lowest BCUT2D eigenvalue weighted by molar-refractivity contribution is -0.137. The molecular formula is C22H30Cl2N2O. The summed E-state index contributed by atoms with van der Waals surface area (Å²) >= 11 is 12.2. The molecule has 2 saturated heterocycles. The molecule has 3 nitrogen and oxygen atoms in total. The number of carbonyl (C=O) groups excluding carboxylic acids is 1. The van der Waals surface area contributed by atoms with E-state index in [2.05, 4.69) is 9.80 Å². The van der Waals surface area contributed by atoms with Gasteiger partial charge in [0, 0.05) is 19.1 Å². The maximum Gasteiger partial charge on any atom is 0.227 e. The van der Waals surface area contributed by atoms with Gasteiger partial charge in [-0.25, -0.2) is 0 Å². The van der Waals surface area contributed by atoms with Crippen molar-refractivity contribution in [1.82, 2.24) is 9.80 Å². The van der Waals surface area contributed by atoms with Crippen LogP contribution < -0.4 is 0 Å². The molecule has 2 aliphatic heterocycles. The second-order valence-electron chi connectivity index (χ2n) is 8.67. The maximum absolute atomic E-state index is 13.3. The van der Waals surface area contributed by atoms with Crippen molar-refractivity contribution >= 4 is 29.1 Å². The number of benzene rings is 1. The Hall–Kier alpha value is -0.770. The molecule has 3 atom stereocenters. The Morgan fingerprint density at radius 1 is 1.00 bits per heavy atom. The van der Waals surface area contributed by atoms with Crippen LogP contribution in [-0.2, 0) is 11.2 Å². The van der Waals surface area contributed by atoms with E-state index in [1.807, 2.05) is 12.1 Å². The third-order valence-electron chi connectivity index (χ3n) is 6.84. The molecule has 1 aromatic rings. The number of hydrogen-bond acceptors (Lipinski definition) is 2. The van der Waals surface area contributed by atoms with Gasteiger partial charge in [-0.1, -0.05) is 48.5 Å². The number of hydrogen-bond donors (Lipinski definition) is 0. The van der Waals surface area contributed by atoms with Crippen molar-refractivity contribution in [2.24, 2.45) is 11.8 Å². The largest absolute Gasteiger partial charge is 0.338 e. The topological polar surface area (TPSA) is 23.6 Å². The zero-order valence-corrected chi connectivity index (χ0v) is 17.5. The van der Waals surface area contributed by atoms with Gasteiger partial charge in [-0.3, -0.25) is 4.79 Å². The minimum Gasteiger partial charge on any atom is -0.338 e. The molecular weight excluding hydrogens is 379 g/mol. The fourth-order valence-corrected chi connectivity index (χ4v) is 5.70. The highest BCUT2D eigenvalue weighted by molar-refractivity contribution is 6.42. The van der Waals surface area contributed by atoms with Gasteiger partial charge in [0.1, 0.15) is 0 Å². The maximum atomic E-state index is 13.3. The Balaban J connectivity index is 1.48. The van der Waals surface area contributed by atoms with Gasteiger partial charge in [0.05, 0.1) is 16.5 Å². The van der Waals surface area contributed by atoms with Crippen LogP contribution in [-0.4, -0.2) is 47.9 Å². The number of halogens is 2. The SMILES string of the molecule is O=C(Cc1ccc(Cl)c(Cl)c1)N1CC2CCCCC2CC1CN1CCCC1. The lowest BCUT2D eigenvalue weighted by Gasteiger charge is -2.47. The van der Waals surface area contributed by atoms with Gasteiger partial charge in [-0.15, -0.1) is 0 Å². The van der Waals surface area contributed by atoms with E-state index in [9.17, 15) is 4.79 Å². The summed E-state index contributed by atoms with van der Waals surface area (Å²) in [7, 11) is 0. The minimum absolute atomic E-state index is 0.251. The monoisotopic (exact) mass is 408 g/mol.